The maximum absolute atomic E-state index is 12.9. The van der Waals surface area contributed by atoms with E-state index in [1.165, 1.54) is 9.87 Å². The number of H-pyrrole nitrogens is 1. The Balaban J connectivity index is 1.87. The van der Waals surface area contributed by atoms with Gasteiger partial charge in [-0.25, -0.2) is 8.42 Å². The molecule has 27 heavy (non-hydrogen) atoms. The molecule has 4 rings (SSSR count). The molecule has 1 saturated heterocycles. The zero-order chi connectivity index (χ0) is 19.2. The van der Waals surface area contributed by atoms with Crippen molar-refractivity contribution in [3.05, 3.63) is 53.1 Å². The van der Waals surface area contributed by atoms with Crippen LogP contribution in [-0.4, -0.2) is 37.1 Å². The number of benzene rings is 2. The molecule has 140 valence electrons. The summed E-state index contributed by atoms with van der Waals surface area (Å²) in [5, 5.41) is 0.638. The maximum Gasteiger partial charge on any atom is 0.243 e. The lowest BCUT2D eigenvalue weighted by molar-refractivity contribution is 0.112. The van der Waals surface area contributed by atoms with Crippen molar-refractivity contribution in [3.8, 4) is 11.3 Å². The Bertz CT molecular complexity index is 1140. The highest BCUT2D eigenvalue weighted by Crippen LogP contribution is 2.32. The van der Waals surface area contributed by atoms with Gasteiger partial charge in [-0.3, -0.25) is 4.79 Å². The van der Waals surface area contributed by atoms with Gasteiger partial charge in [0.2, 0.25) is 10.0 Å². The van der Waals surface area contributed by atoms with Gasteiger partial charge in [-0.2, -0.15) is 4.31 Å². The fraction of sp³-hybridized carbons (Fsp3) is 0.286. The van der Waals surface area contributed by atoms with Crippen LogP contribution in [-0.2, 0) is 10.0 Å². The van der Waals surface area contributed by atoms with E-state index in [1.807, 2.05) is 32.0 Å². The standard InChI is InChI=1S/C21H22N2O3S/c1-14-5-6-16(11-15(14)2)21-19(13-24)18-12-17(7-8-20(18)22-21)27(25,26)23-9-3-4-10-23/h5-8,11-13,22H,3-4,9-10H2,1-2H3. The van der Waals surface area contributed by atoms with Crippen molar-refractivity contribution < 1.29 is 13.2 Å². The first kappa shape index (κ1) is 17.9. The van der Waals surface area contributed by atoms with Crippen LogP contribution in [0.2, 0.25) is 0 Å². The SMILES string of the molecule is Cc1ccc(-c2[nH]c3ccc(S(=O)(=O)N4CCCC4)cc3c2C=O)cc1C. The maximum atomic E-state index is 12.9. The average molecular weight is 382 g/mol. The Morgan fingerprint density at radius 1 is 1.00 bits per heavy atom. The third-order valence-corrected chi connectivity index (χ3v) is 7.32. The first-order valence-corrected chi connectivity index (χ1v) is 10.5. The summed E-state index contributed by atoms with van der Waals surface area (Å²) in [6.07, 6.45) is 2.58. The largest absolute Gasteiger partial charge is 0.354 e. The fourth-order valence-corrected chi connectivity index (χ4v) is 5.22. The third kappa shape index (κ3) is 2.99. The quantitative estimate of drug-likeness (QED) is 0.692. The summed E-state index contributed by atoms with van der Waals surface area (Å²) in [6.45, 7) is 5.19. The predicted octanol–water partition coefficient (Wildman–Crippen LogP) is 4.05. The molecular weight excluding hydrogens is 360 g/mol. The average Bonchev–Trinajstić information content (AvgIpc) is 3.31. The van der Waals surface area contributed by atoms with Crippen LogP contribution in [0.4, 0.5) is 0 Å². The van der Waals surface area contributed by atoms with Crippen LogP contribution in [0.5, 0.6) is 0 Å². The van der Waals surface area contributed by atoms with Crippen LogP contribution < -0.4 is 0 Å². The summed E-state index contributed by atoms with van der Waals surface area (Å²) >= 11 is 0. The fourth-order valence-electron chi connectivity index (χ4n) is 3.68. The van der Waals surface area contributed by atoms with Gasteiger partial charge in [-0.05, 0) is 67.6 Å². The van der Waals surface area contributed by atoms with Gasteiger partial charge in [-0.1, -0.05) is 12.1 Å². The molecule has 0 atom stereocenters. The summed E-state index contributed by atoms with van der Waals surface area (Å²) < 4.78 is 27.2. The molecule has 3 aromatic rings. The van der Waals surface area contributed by atoms with Crippen molar-refractivity contribution in [2.75, 3.05) is 13.1 Å². The van der Waals surface area contributed by atoms with Gasteiger partial charge in [0.1, 0.15) is 0 Å². The summed E-state index contributed by atoms with van der Waals surface area (Å²) in [6, 6.07) is 11.0. The summed E-state index contributed by atoms with van der Waals surface area (Å²) in [5.41, 5.74) is 5.21. The Hall–Kier alpha value is -2.44. The van der Waals surface area contributed by atoms with Crippen LogP contribution in [0.25, 0.3) is 22.2 Å². The second-order valence-corrected chi connectivity index (χ2v) is 9.09. The van der Waals surface area contributed by atoms with Crippen LogP contribution in [0.3, 0.4) is 0 Å². The number of sulfonamides is 1. The minimum Gasteiger partial charge on any atom is -0.354 e. The molecule has 1 aliphatic rings. The Morgan fingerprint density at radius 2 is 1.74 bits per heavy atom. The molecule has 1 aromatic heterocycles. The van der Waals surface area contributed by atoms with Crippen LogP contribution in [0.1, 0.15) is 34.3 Å². The van der Waals surface area contributed by atoms with Gasteiger partial charge in [-0.15, -0.1) is 0 Å². The van der Waals surface area contributed by atoms with E-state index in [2.05, 4.69) is 4.98 Å². The van der Waals surface area contributed by atoms with Crippen molar-refractivity contribution in [1.29, 1.82) is 0 Å². The number of carbonyl (C=O) groups excluding carboxylic acids is 1. The molecule has 0 spiro atoms. The van der Waals surface area contributed by atoms with Gasteiger partial charge in [0.15, 0.2) is 6.29 Å². The lowest BCUT2D eigenvalue weighted by atomic mass is 10.0. The monoisotopic (exact) mass is 382 g/mol. The summed E-state index contributed by atoms with van der Waals surface area (Å²) in [4.78, 5) is 15.4. The second-order valence-electron chi connectivity index (χ2n) is 7.15. The number of hydrogen-bond donors (Lipinski definition) is 1. The van der Waals surface area contributed by atoms with Crippen LogP contribution in [0.15, 0.2) is 41.3 Å². The molecule has 0 unspecified atom stereocenters. The zero-order valence-corrected chi connectivity index (χ0v) is 16.3. The molecule has 0 bridgehead atoms. The highest BCUT2D eigenvalue weighted by molar-refractivity contribution is 7.89. The Morgan fingerprint density at radius 3 is 2.41 bits per heavy atom. The third-order valence-electron chi connectivity index (χ3n) is 5.43. The van der Waals surface area contributed by atoms with E-state index in [0.717, 1.165) is 41.5 Å². The summed E-state index contributed by atoms with van der Waals surface area (Å²) in [7, 11) is -3.52. The van der Waals surface area contributed by atoms with Crippen LogP contribution in [0, 0.1) is 13.8 Å². The van der Waals surface area contributed by atoms with E-state index < -0.39 is 10.0 Å². The number of carbonyl (C=O) groups is 1. The number of aryl methyl sites for hydroxylation is 2. The van der Waals surface area contributed by atoms with Gasteiger partial charge < -0.3 is 4.98 Å². The van der Waals surface area contributed by atoms with Gasteiger partial charge in [0.05, 0.1) is 10.6 Å². The molecule has 0 amide bonds. The molecule has 0 aliphatic carbocycles. The molecule has 0 saturated carbocycles. The smallest absolute Gasteiger partial charge is 0.243 e. The predicted molar refractivity (Wildman–Crippen MR) is 107 cm³/mol. The van der Waals surface area contributed by atoms with Gasteiger partial charge in [0, 0.05) is 29.6 Å². The Labute approximate surface area is 159 Å². The zero-order valence-electron chi connectivity index (χ0n) is 15.5. The molecule has 6 heteroatoms. The minimum absolute atomic E-state index is 0.241. The molecular formula is C21H22N2O3S. The number of nitrogens with zero attached hydrogens (tertiary/aromatic N) is 1. The van der Waals surface area contributed by atoms with Gasteiger partial charge in [0.25, 0.3) is 0 Å². The molecule has 1 aliphatic heterocycles. The lowest BCUT2D eigenvalue weighted by Gasteiger charge is -2.15. The second kappa shape index (κ2) is 6.62. The van der Waals surface area contributed by atoms with E-state index >= 15 is 0 Å². The highest BCUT2D eigenvalue weighted by Gasteiger charge is 2.28. The number of hydrogen-bond acceptors (Lipinski definition) is 3. The van der Waals surface area contributed by atoms with E-state index in [0.29, 0.717) is 24.0 Å². The summed E-state index contributed by atoms with van der Waals surface area (Å²) in [5.74, 6) is 0. The van der Waals surface area contributed by atoms with Crippen molar-refractivity contribution in [2.45, 2.75) is 31.6 Å². The number of aldehydes is 1. The first-order chi connectivity index (χ1) is 12.9. The van der Waals surface area contributed by atoms with Crippen molar-refractivity contribution in [3.63, 3.8) is 0 Å². The topological polar surface area (TPSA) is 70.2 Å². The lowest BCUT2D eigenvalue weighted by Crippen LogP contribution is -2.27. The van der Waals surface area contributed by atoms with E-state index in [-0.39, 0.29) is 4.90 Å². The van der Waals surface area contributed by atoms with Crippen LogP contribution >= 0.6 is 0 Å². The van der Waals surface area contributed by atoms with E-state index in [1.54, 1.807) is 18.2 Å². The van der Waals surface area contributed by atoms with Crippen molar-refractivity contribution in [1.82, 2.24) is 9.29 Å². The number of rotatable bonds is 4. The molecule has 2 aromatic carbocycles. The van der Waals surface area contributed by atoms with E-state index in [9.17, 15) is 13.2 Å². The number of aromatic nitrogens is 1. The number of nitrogens with one attached hydrogen (secondary N) is 1. The molecule has 1 fully saturated rings. The number of fused-ring (bicyclic) bond motifs is 1. The van der Waals surface area contributed by atoms with Crippen molar-refractivity contribution >= 4 is 27.2 Å². The molecule has 2 heterocycles. The van der Waals surface area contributed by atoms with Gasteiger partial charge >= 0.3 is 0 Å². The highest BCUT2D eigenvalue weighted by atomic mass is 32.2. The Kier molecular flexibility index (Phi) is 4.40. The minimum atomic E-state index is -3.52. The normalized spacial score (nSPS) is 15.5. The molecule has 1 N–H and O–H groups in total. The molecule has 5 nitrogen and oxygen atoms in total. The molecule has 0 radical (unpaired) electrons. The first-order valence-electron chi connectivity index (χ1n) is 9.10. The number of aromatic amines is 1. The van der Waals surface area contributed by atoms with Crippen molar-refractivity contribution in [2.24, 2.45) is 0 Å². The van der Waals surface area contributed by atoms with E-state index in [4.69, 9.17) is 0 Å².